The molecule has 0 amide bonds. The molecule has 0 fully saturated rings. The van der Waals surface area contributed by atoms with Gasteiger partial charge in [-0.3, -0.25) is 0 Å². The van der Waals surface area contributed by atoms with Crippen LogP contribution in [0.1, 0.15) is 40.0 Å². The van der Waals surface area contributed by atoms with Crippen LogP contribution < -0.4 is 10.6 Å². The molecule has 0 aliphatic rings. The van der Waals surface area contributed by atoms with Crippen molar-refractivity contribution in [3.05, 3.63) is 9.02 Å². The molecule has 0 radical (unpaired) electrons. The summed E-state index contributed by atoms with van der Waals surface area (Å²) in [6.45, 7) is 7.82. The molecule has 0 bridgehead atoms. The van der Waals surface area contributed by atoms with Gasteiger partial charge in [-0.1, -0.05) is 51.6 Å². The predicted octanol–water partition coefficient (Wildman–Crippen LogP) is 4.26. The molecular formula is C13H22N2S2. The first-order valence-electron chi connectivity index (χ1n) is 6.04. The Morgan fingerprint density at radius 3 is 2.18 bits per heavy atom. The van der Waals surface area contributed by atoms with Crippen molar-refractivity contribution in [1.82, 2.24) is 0 Å². The zero-order valence-corrected chi connectivity index (χ0v) is 12.8. The summed E-state index contributed by atoms with van der Waals surface area (Å²) in [6.07, 6.45) is 3.65. The van der Waals surface area contributed by atoms with Gasteiger partial charge in [0, 0.05) is 13.6 Å². The van der Waals surface area contributed by atoms with Crippen LogP contribution in [0, 0.1) is 14.4 Å². The number of hydrogen-bond acceptors (Lipinski definition) is 4. The fourth-order valence-corrected chi connectivity index (χ4v) is 2.46. The van der Waals surface area contributed by atoms with Crippen LogP contribution in [0.3, 0.4) is 0 Å². The van der Waals surface area contributed by atoms with Gasteiger partial charge in [0.1, 0.15) is 0 Å². The fraction of sp³-hybridized carbons (Fsp3) is 0.692. The van der Waals surface area contributed by atoms with Crippen LogP contribution in [0.2, 0.25) is 0 Å². The molecule has 0 atom stereocenters. The number of unbranched alkanes of at least 4 members (excludes halogenated alkanes) is 1. The molecule has 0 saturated heterocycles. The van der Waals surface area contributed by atoms with Crippen molar-refractivity contribution in [3.8, 4) is 0 Å². The maximum atomic E-state index is 5.84. The van der Waals surface area contributed by atoms with Gasteiger partial charge in [0.25, 0.3) is 0 Å². The van der Waals surface area contributed by atoms with Crippen LogP contribution in [0.4, 0.5) is 11.4 Å². The highest BCUT2D eigenvalue weighted by molar-refractivity contribution is 7.74. The minimum atomic E-state index is 0.421. The van der Waals surface area contributed by atoms with Gasteiger partial charge in [0.2, 0.25) is 0 Å². The highest BCUT2D eigenvalue weighted by Crippen LogP contribution is 2.32. The van der Waals surface area contributed by atoms with Crippen molar-refractivity contribution in [1.29, 1.82) is 0 Å². The summed E-state index contributed by atoms with van der Waals surface area (Å²) in [5.41, 5.74) is 7.93. The third-order valence-electron chi connectivity index (χ3n) is 2.97. The predicted molar refractivity (Wildman–Crippen MR) is 81.5 cm³/mol. The molecule has 4 heteroatoms. The number of nitrogens with two attached hydrogens (primary N) is 1. The summed E-state index contributed by atoms with van der Waals surface area (Å²) in [6, 6.07) is 0. The molecule has 1 rings (SSSR count). The van der Waals surface area contributed by atoms with Gasteiger partial charge in [0.05, 0.1) is 20.4 Å². The first-order valence-corrected chi connectivity index (χ1v) is 6.85. The van der Waals surface area contributed by atoms with Gasteiger partial charge >= 0.3 is 0 Å². The summed E-state index contributed by atoms with van der Waals surface area (Å²) < 4.78 is 1.42. The van der Waals surface area contributed by atoms with Crippen LogP contribution in [0.15, 0.2) is 0 Å². The van der Waals surface area contributed by atoms with Gasteiger partial charge in [0.15, 0.2) is 0 Å². The van der Waals surface area contributed by atoms with E-state index in [-0.39, 0.29) is 0 Å². The van der Waals surface area contributed by atoms with Crippen LogP contribution in [-0.4, -0.2) is 13.6 Å². The highest BCUT2D eigenvalue weighted by Gasteiger charge is 2.15. The first kappa shape index (κ1) is 14.6. The first-order chi connectivity index (χ1) is 7.74. The number of nitrogen functional groups attached to an aromatic ring is 1. The second-order valence-electron chi connectivity index (χ2n) is 5.86. The van der Waals surface area contributed by atoms with Crippen molar-refractivity contribution in [3.63, 3.8) is 0 Å². The van der Waals surface area contributed by atoms with E-state index in [1.165, 1.54) is 19.3 Å². The minimum Gasteiger partial charge on any atom is -0.396 e. The lowest BCUT2D eigenvalue weighted by atomic mass is 9.90. The van der Waals surface area contributed by atoms with E-state index in [4.69, 9.17) is 30.2 Å². The van der Waals surface area contributed by atoms with Gasteiger partial charge in [-0.05, 0) is 18.3 Å². The Kier molecular flexibility index (Phi) is 4.67. The van der Waals surface area contributed by atoms with E-state index in [0.29, 0.717) is 15.6 Å². The second-order valence-corrected chi connectivity index (χ2v) is 6.68. The average Bonchev–Trinajstić information content (AvgIpc) is 2.23. The van der Waals surface area contributed by atoms with Crippen molar-refractivity contribution < 1.29 is 0 Å². The molecule has 0 aromatic heterocycles. The zero-order chi connectivity index (χ0) is 13.2. The van der Waals surface area contributed by atoms with Gasteiger partial charge in [-0.2, -0.15) is 0 Å². The lowest BCUT2D eigenvalue weighted by Crippen LogP contribution is -2.22. The van der Waals surface area contributed by atoms with Gasteiger partial charge in [-0.15, -0.1) is 0 Å². The van der Waals surface area contributed by atoms with Crippen molar-refractivity contribution in [2.75, 3.05) is 24.2 Å². The number of hydrogen-bond donors (Lipinski definition) is 1. The van der Waals surface area contributed by atoms with E-state index in [0.717, 1.165) is 16.7 Å². The Labute approximate surface area is 115 Å². The lowest BCUT2D eigenvalue weighted by Gasteiger charge is -2.24. The largest absolute Gasteiger partial charge is 0.396 e. The van der Waals surface area contributed by atoms with Crippen LogP contribution >= 0.6 is 24.4 Å². The fourth-order valence-electron chi connectivity index (χ4n) is 1.89. The Bertz CT molecular complexity index is 450. The SMILES string of the molecule is CN(CCCCC(C)(C)C)c1c(N)c(=S)c1=S. The van der Waals surface area contributed by atoms with Crippen molar-refractivity contribution in [2.24, 2.45) is 5.41 Å². The van der Waals surface area contributed by atoms with Crippen molar-refractivity contribution >= 4 is 35.8 Å². The van der Waals surface area contributed by atoms with Crippen LogP contribution in [0.5, 0.6) is 0 Å². The van der Waals surface area contributed by atoms with Crippen LogP contribution in [0.25, 0.3) is 0 Å². The highest BCUT2D eigenvalue weighted by atomic mass is 32.1. The summed E-state index contributed by atoms with van der Waals surface area (Å²) in [7, 11) is 2.04. The maximum absolute atomic E-state index is 5.84. The third kappa shape index (κ3) is 3.75. The summed E-state index contributed by atoms with van der Waals surface area (Å²) in [5, 5.41) is 0. The summed E-state index contributed by atoms with van der Waals surface area (Å²) in [4.78, 5) is 2.14. The van der Waals surface area contributed by atoms with Crippen LogP contribution in [-0.2, 0) is 0 Å². The zero-order valence-electron chi connectivity index (χ0n) is 11.2. The molecular weight excluding hydrogens is 248 g/mol. The minimum absolute atomic E-state index is 0.421. The molecule has 0 saturated carbocycles. The molecule has 0 aliphatic carbocycles. The maximum Gasteiger partial charge on any atom is 0.0834 e. The summed E-state index contributed by atoms with van der Waals surface area (Å²) >= 11 is 10.3. The lowest BCUT2D eigenvalue weighted by molar-refractivity contribution is 0.361. The smallest absolute Gasteiger partial charge is 0.0834 e. The Morgan fingerprint density at radius 2 is 1.71 bits per heavy atom. The van der Waals surface area contributed by atoms with Gasteiger partial charge < -0.3 is 10.6 Å². The van der Waals surface area contributed by atoms with Gasteiger partial charge in [-0.25, -0.2) is 0 Å². The second kappa shape index (κ2) is 5.44. The normalized spacial score (nSPS) is 12.0. The van der Waals surface area contributed by atoms with E-state index in [2.05, 4.69) is 25.7 Å². The van der Waals surface area contributed by atoms with Crippen molar-refractivity contribution in [2.45, 2.75) is 40.0 Å². The molecule has 96 valence electrons. The quantitative estimate of drug-likeness (QED) is 0.639. The van der Waals surface area contributed by atoms with E-state index in [1.807, 2.05) is 7.05 Å². The molecule has 0 spiro atoms. The molecule has 0 aliphatic heterocycles. The standard InChI is InChI=1S/C13H22N2S2/c1-13(2,3)7-5-6-8-15(4)10-9(14)11(16)12(10)17/h5-8,14H2,1-4H3. The number of anilines is 2. The third-order valence-corrected chi connectivity index (χ3v) is 3.92. The van der Waals surface area contributed by atoms with E-state index >= 15 is 0 Å². The van der Waals surface area contributed by atoms with E-state index in [9.17, 15) is 0 Å². The molecule has 0 heterocycles. The summed E-state index contributed by atoms with van der Waals surface area (Å²) in [5.74, 6) is 0. The number of rotatable bonds is 5. The molecule has 0 unspecified atom stereocenters. The topological polar surface area (TPSA) is 29.3 Å². The number of nitrogens with zero attached hydrogens (tertiary/aromatic N) is 1. The Hall–Kier alpha value is -0.480. The molecule has 1 aromatic carbocycles. The van der Waals surface area contributed by atoms with E-state index < -0.39 is 0 Å². The molecule has 1 aromatic rings. The van der Waals surface area contributed by atoms with E-state index in [1.54, 1.807) is 0 Å². The molecule has 2 N–H and O–H groups in total. The molecule has 17 heavy (non-hydrogen) atoms. The monoisotopic (exact) mass is 270 g/mol. The Balaban J connectivity index is 2.40. The average molecular weight is 270 g/mol. The Morgan fingerprint density at radius 1 is 1.12 bits per heavy atom. The molecule has 2 nitrogen and oxygen atoms in total.